The molecular formula is C30H33BCl3N6O4S2. The van der Waals surface area contributed by atoms with Gasteiger partial charge in [-0.15, -0.1) is 22.7 Å². The molecule has 46 heavy (non-hydrogen) atoms. The molecule has 243 valence electrons. The number of halogens is 3. The second-order valence-corrected chi connectivity index (χ2v) is 13.5. The Morgan fingerprint density at radius 2 is 1.26 bits per heavy atom. The Morgan fingerprint density at radius 3 is 1.72 bits per heavy atom. The van der Waals surface area contributed by atoms with E-state index >= 15 is 0 Å². The van der Waals surface area contributed by atoms with E-state index < -0.39 is 0 Å². The van der Waals surface area contributed by atoms with Gasteiger partial charge in [0.05, 0.1) is 26.4 Å². The first kappa shape index (κ1) is 35.8. The zero-order chi connectivity index (χ0) is 33.1. The predicted octanol–water partition coefficient (Wildman–Crippen LogP) is 5.91. The highest BCUT2D eigenvalue weighted by Gasteiger charge is 2.27. The molecule has 0 saturated carbocycles. The van der Waals surface area contributed by atoms with Crippen LogP contribution in [0.1, 0.15) is 25.7 Å². The van der Waals surface area contributed by atoms with E-state index in [0.717, 1.165) is 73.7 Å². The van der Waals surface area contributed by atoms with Crippen molar-refractivity contribution >= 4 is 88.4 Å². The highest BCUT2D eigenvalue weighted by Crippen LogP contribution is 2.40. The Kier molecular flexibility index (Phi) is 13.8. The smallest absolute Gasteiger partial charge is 0.530 e. The minimum absolute atomic E-state index is 0.0212. The van der Waals surface area contributed by atoms with Gasteiger partial charge in [-0.05, 0) is 54.6 Å². The molecule has 16 heteroatoms. The van der Waals surface area contributed by atoms with Crippen LogP contribution < -0.4 is 25.9 Å². The number of carbonyl (C=O) groups excluding carboxylic acids is 2. The number of nitrogens with two attached hydrogens (primary N) is 2. The molecule has 6 rings (SSSR count). The van der Waals surface area contributed by atoms with Crippen molar-refractivity contribution in [3.05, 3.63) is 74.9 Å². The first-order valence-electron chi connectivity index (χ1n) is 14.4. The molecule has 2 saturated heterocycles. The van der Waals surface area contributed by atoms with Crippen LogP contribution in [-0.2, 0) is 9.59 Å². The van der Waals surface area contributed by atoms with Crippen LogP contribution in [0.15, 0.2) is 59.8 Å². The van der Waals surface area contributed by atoms with Gasteiger partial charge in [0.1, 0.15) is 0 Å². The van der Waals surface area contributed by atoms with Crippen LogP contribution in [0.4, 0.5) is 11.4 Å². The average Bonchev–Trinajstić information content (AvgIpc) is 3.78. The third kappa shape index (κ3) is 9.72. The van der Waals surface area contributed by atoms with Crippen LogP contribution >= 0.6 is 57.5 Å². The molecular weight excluding hydrogens is 690 g/mol. The van der Waals surface area contributed by atoms with Crippen molar-refractivity contribution in [3.63, 3.8) is 0 Å². The first-order chi connectivity index (χ1) is 22.2. The number of hydrogen-bond donors (Lipinski definition) is 3. The number of hydrogen-bond acceptors (Lipinski definition) is 10. The molecule has 0 unspecified atom stereocenters. The Morgan fingerprint density at radius 1 is 0.783 bits per heavy atom. The number of carbonyl (C=O) groups is 2. The largest absolute Gasteiger partial charge is 0.569 e. The van der Waals surface area contributed by atoms with Gasteiger partial charge in [-0.25, -0.2) is 0 Å². The quantitative estimate of drug-likeness (QED) is 0.200. The molecule has 2 fully saturated rings. The van der Waals surface area contributed by atoms with E-state index in [0.29, 0.717) is 27.8 Å². The molecule has 0 aliphatic carbocycles. The van der Waals surface area contributed by atoms with E-state index in [-0.39, 0.29) is 23.7 Å². The summed E-state index contributed by atoms with van der Waals surface area (Å²) in [4.78, 5) is 36.0. The molecule has 4 aromatic heterocycles. The molecule has 5 N–H and O–H groups in total. The Hall–Kier alpha value is -3.07. The van der Waals surface area contributed by atoms with E-state index in [1.165, 1.54) is 11.3 Å². The molecule has 6 heterocycles. The van der Waals surface area contributed by atoms with Gasteiger partial charge in [-0.1, -0.05) is 40.9 Å². The van der Waals surface area contributed by atoms with Gasteiger partial charge in [-0.2, -0.15) is 0 Å². The van der Waals surface area contributed by atoms with Crippen molar-refractivity contribution in [2.75, 3.05) is 36.0 Å². The highest BCUT2D eigenvalue weighted by molar-refractivity contribution is 7.13. The van der Waals surface area contributed by atoms with E-state index in [1.807, 2.05) is 29.1 Å². The summed E-state index contributed by atoms with van der Waals surface area (Å²) in [7, 11) is 0.672. The molecule has 0 bridgehead atoms. The topological polar surface area (TPSA) is 148 Å². The maximum Gasteiger partial charge on any atom is 0.569 e. The molecule has 0 spiro atoms. The summed E-state index contributed by atoms with van der Waals surface area (Å²) in [6.07, 6.45) is 9.71. The fourth-order valence-electron chi connectivity index (χ4n) is 5.23. The normalized spacial score (nSPS) is 15.2. The number of amides is 2. The van der Waals surface area contributed by atoms with Gasteiger partial charge in [0.25, 0.3) is 0 Å². The zero-order valence-electron chi connectivity index (χ0n) is 24.7. The van der Waals surface area contributed by atoms with E-state index in [2.05, 4.69) is 30.5 Å². The molecule has 1 radical (unpaired) electrons. The lowest BCUT2D eigenvalue weighted by molar-refractivity contribution is -0.123. The molecule has 2 aliphatic rings. The number of nitrogens with zero attached hydrogens (tertiary/aromatic N) is 4. The standard InChI is InChI=1S/C15H16ClN3OS.C11H13Cl2N3O.C4H4BO2S/c16-12-9-18-8-11(13-2-1-7-21-13)14(12)19-5-3-10(4-6-19)15(17)20;12-8-5-15-6-9(13)10(8)16-3-1-7(2-4-16)11(14)17;6-5-7-4-2-1-3-8-4/h1-2,7-10H,3-6H2,(H2,17,20);5-7H,1-4H2,(H2,14,17);1-3,6H. The van der Waals surface area contributed by atoms with Gasteiger partial charge in [0, 0.05) is 73.2 Å². The molecule has 2 aliphatic heterocycles. The van der Waals surface area contributed by atoms with Gasteiger partial charge in [-0.3, -0.25) is 19.6 Å². The summed E-state index contributed by atoms with van der Waals surface area (Å²) >= 11 is 21.7. The lowest BCUT2D eigenvalue weighted by Crippen LogP contribution is -2.38. The first-order valence-corrected chi connectivity index (χ1v) is 17.3. The summed E-state index contributed by atoms with van der Waals surface area (Å²) < 4.78 is 4.59. The number of anilines is 2. The lowest BCUT2D eigenvalue weighted by Gasteiger charge is -2.34. The number of rotatable bonds is 7. The van der Waals surface area contributed by atoms with Crippen LogP contribution in [0, 0.1) is 11.8 Å². The maximum atomic E-state index is 11.3. The summed E-state index contributed by atoms with van der Waals surface area (Å²) in [5, 5.41) is 14.4. The number of thiophene rings is 2. The third-order valence-corrected chi connectivity index (χ3v) is 10.1. The molecule has 0 aromatic carbocycles. The third-order valence-electron chi connectivity index (χ3n) is 7.58. The van der Waals surface area contributed by atoms with Crippen molar-refractivity contribution in [2.45, 2.75) is 25.7 Å². The summed E-state index contributed by atoms with van der Waals surface area (Å²) in [5.41, 5.74) is 13.5. The van der Waals surface area contributed by atoms with E-state index in [1.54, 1.807) is 36.0 Å². The summed E-state index contributed by atoms with van der Waals surface area (Å²) in [6, 6.07) is 7.71. The van der Waals surface area contributed by atoms with Crippen molar-refractivity contribution in [3.8, 4) is 15.5 Å². The van der Waals surface area contributed by atoms with Gasteiger partial charge in [0.2, 0.25) is 11.8 Å². The van der Waals surface area contributed by atoms with E-state index in [4.69, 9.17) is 51.3 Å². The van der Waals surface area contributed by atoms with Crippen molar-refractivity contribution in [1.29, 1.82) is 0 Å². The van der Waals surface area contributed by atoms with Crippen LogP contribution in [0.5, 0.6) is 5.06 Å². The molecule has 4 aromatic rings. The second kappa shape index (κ2) is 17.7. The molecule has 0 atom stereocenters. The maximum absolute atomic E-state index is 11.3. The van der Waals surface area contributed by atoms with Gasteiger partial charge in [0.15, 0.2) is 5.06 Å². The minimum Gasteiger partial charge on any atom is -0.530 e. The van der Waals surface area contributed by atoms with Crippen LogP contribution in [0.25, 0.3) is 10.4 Å². The van der Waals surface area contributed by atoms with Crippen molar-refractivity contribution in [1.82, 2.24) is 9.97 Å². The minimum atomic E-state index is -0.225. The van der Waals surface area contributed by atoms with Crippen LogP contribution in [0.3, 0.4) is 0 Å². The van der Waals surface area contributed by atoms with Crippen LogP contribution in [-0.4, -0.2) is 60.7 Å². The number of primary amides is 2. The lowest BCUT2D eigenvalue weighted by atomic mass is 9.95. The predicted molar refractivity (Wildman–Crippen MR) is 188 cm³/mol. The fourth-order valence-corrected chi connectivity index (χ4v) is 7.39. The second-order valence-electron chi connectivity index (χ2n) is 10.4. The Labute approximate surface area is 291 Å². The fraction of sp³-hybridized carbons (Fsp3) is 0.333. The van der Waals surface area contributed by atoms with Crippen molar-refractivity contribution < 1.29 is 19.3 Å². The van der Waals surface area contributed by atoms with Crippen molar-refractivity contribution in [2.24, 2.45) is 23.3 Å². The number of pyridine rings is 2. The highest BCUT2D eigenvalue weighted by atomic mass is 35.5. The van der Waals surface area contributed by atoms with Gasteiger partial charge >= 0.3 is 7.69 Å². The SMILES string of the molecule is NC(=O)C1CCN(c2c(Cl)cncc2-c2cccs2)CC1.NC(=O)C1CCN(c2c(Cl)cncc2Cl)CC1.O[B]Oc1cccs1. The van der Waals surface area contributed by atoms with E-state index in [9.17, 15) is 9.59 Å². The monoisotopic (exact) mass is 721 g/mol. The number of aromatic nitrogens is 2. The average molecular weight is 723 g/mol. The molecule has 2 amide bonds. The Balaban J connectivity index is 0.000000172. The molecule has 10 nitrogen and oxygen atoms in total. The Bertz CT molecular complexity index is 1530. The number of piperidine rings is 2. The summed E-state index contributed by atoms with van der Waals surface area (Å²) in [6.45, 7) is 3.04. The van der Waals surface area contributed by atoms with Gasteiger partial charge < -0.3 is 30.9 Å². The zero-order valence-corrected chi connectivity index (χ0v) is 28.6. The summed E-state index contributed by atoms with van der Waals surface area (Å²) in [5.74, 6) is -0.483. The van der Waals surface area contributed by atoms with Crippen LogP contribution in [0.2, 0.25) is 15.1 Å².